The second kappa shape index (κ2) is 2.48. The normalized spacial score (nSPS) is 19.7. The molecule has 1 heterocycles. The molecule has 4 nitrogen and oxygen atoms in total. The van der Waals surface area contributed by atoms with Crippen molar-refractivity contribution in [3.8, 4) is 0 Å². The molecule has 0 spiro atoms. The first-order valence-electron chi connectivity index (χ1n) is 3.11. The van der Waals surface area contributed by atoms with Gasteiger partial charge in [-0.25, -0.2) is 0 Å². The first kappa shape index (κ1) is 7.37. The lowest BCUT2D eigenvalue weighted by Gasteiger charge is -2.28. The van der Waals surface area contributed by atoms with E-state index in [-0.39, 0.29) is 6.17 Å². The Morgan fingerprint density at radius 2 is 1.60 bits per heavy atom. The zero-order valence-electron chi connectivity index (χ0n) is 6.10. The van der Waals surface area contributed by atoms with Crippen molar-refractivity contribution in [2.45, 2.75) is 12.5 Å². The molecule has 0 saturated carbocycles. The lowest BCUT2D eigenvalue weighted by molar-refractivity contribution is -0.115. The van der Waals surface area contributed by atoms with Gasteiger partial charge < -0.3 is 20.0 Å². The minimum absolute atomic E-state index is 0.333. The molecule has 1 aliphatic rings. The van der Waals surface area contributed by atoms with Crippen molar-refractivity contribution in [2.24, 2.45) is 0 Å². The highest BCUT2D eigenvalue weighted by Crippen LogP contribution is 2.12. The van der Waals surface area contributed by atoms with E-state index in [4.69, 9.17) is 10.2 Å². The standard InChI is InChI=1S/C6H12N2O2/c1-7-3-4-8(2)5(7)6(9)10/h3-6,9-10H,1-2H3. The summed E-state index contributed by atoms with van der Waals surface area (Å²) in [7, 11) is 3.59. The van der Waals surface area contributed by atoms with Gasteiger partial charge in [0.2, 0.25) is 0 Å². The zero-order chi connectivity index (χ0) is 7.72. The van der Waals surface area contributed by atoms with Gasteiger partial charge in [0.25, 0.3) is 0 Å². The quantitative estimate of drug-likeness (QED) is 0.462. The number of hydrogen-bond donors (Lipinski definition) is 2. The molecule has 0 bridgehead atoms. The molecule has 2 N–H and O–H groups in total. The van der Waals surface area contributed by atoms with Crippen molar-refractivity contribution >= 4 is 0 Å². The molecule has 4 heteroatoms. The van der Waals surface area contributed by atoms with Gasteiger partial charge in [0.1, 0.15) is 0 Å². The fraction of sp³-hybridized carbons (Fsp3) is 0.667. The topological polar surface area (TPSA) is 46.9 Å². The minimum atomic E-state index is -1.31. The summed E-state index contributed by atoms with van der Waals surface area (Å²) in [5.74, 6) is 0. The van der Waals surface area contributed by atoms with Crippen LogP contribution in [0.1, 0.15) is 0 Å². The molecule has 1 rings (SSSR count). The van der Waals surface area contributed by atoms with Crippen molar-refractivity contribution < 1.29 is 10.2 Å². The highest BCUT2D eigenvalue weighted by atomic mass is 16.5. The molecule has 0 unspecified atom stereocenters. The molecule has 0 aromatic carbocycles. The third kappa shape index (κ3) is 1.08. The Labute approximate surface area is 60.0 Å². The van der Waals surface area contributed by atoms with E-state index in [0.717, 1.165) is 0 Å². The van der Waals surface area contributed by atoms with E-state index in [9.17, 15) is 0 Å². The van der Waals surface area contributed by atoms with Crippen LogP contribution in [0.15, 0.2) is 12.4 Å². The van der Waals surface area contributed by atoms with Crippen molar-refractivity contribution in [1.82, 2.24) is 9.80 Å². The van der Waals surface area contributed by atoms with Gasteiger partial charge in [0.05, 0.1) is 0 Å². The number of likely N-dealkylation sites (N-methyl/N-ethyl adjacent to an activating group) is 2. The molecule has 0 aliphatic carbocycles. The Bertz CT molecular complexity index is 135. The second-order valence-corrected chi connectivity index (χ2v) is 2.46. The number of hydrogen-bond acceptors (Lipinski definition) is 4. The van der Waals surface area contributed by atoms with Crippen LogP contribution in [0.4, 0.5) is 0 Å². The molecule has 58 valence electrons. The van der Waals surface area contributed by atoms with E-state index >= 15 is 0 Å². The van der Waals surface area contributed by atoms with Gasteiger partial charge in [-0.1, -0.05) is 0 Å². The lowest BCUT2D eigenvalue weighted by atomic mass is 10.4. The molecular weight excluding hydrogens is 132 g/mol. The van der Waals surface area contributed by atoms with Gasteiger partial charge >= 0.3 is 0 Å². The van der Waals surface area contributed by atoms with Crippen LogP contribution in [-0.2, 0) is 0 Å². The minimum Gasteiger partial charge on any atom is -0.365 e. The van der Waals surface area contributed by atoms with Gasteiger partial charge in [0.15, 0.2) is 12.5 Å². The van der Waals surface area contributed by atoms with Crippen LogP contribution in [0.25, 0.3) is 0 Å². The van der Waals surface area contributed by atoms with Gasteiger partial charge in [0, 0.05) is 26.5 Å². The summed E-state index contributed by atoms with van der Waals surface area (Å²) < 4.78 is 0. The summed E-state index contributed by atoms with van der Waals surface area (Å²) in [4.78, 5) is 3.48. The summed E-state index contributed by atoms with van der Waals surface area (Å²) in [5, 5.41) is 17.7. The van der Waals surface area contributed by atoms with Crippen molar-refractivity contribution in [2.75, 3.05) is 14.1 Å². The molecule has 0 atom stereocenters. The average molecular weight is 144 g/mol. The highest BCUT2D eigenvalue weighted by molar-refractivity contribution is 4.94. The second-order valence-electron chi connectivity index (χ2n) is 2.46. The van der Waals surface area contributed by atoms with Crippen LogP contribution >= 0.6 is 0 Å². The van der Waals surface area contributed by atoms with Gasteiger partial charge in [-0.2, -0.15) is 0 Å². The monoisotopic (exact) mass is 144 g/mol. The fourth-order valence-corrected chi connectivity index (χ4v) is 1.09. The Kier molecular flexibility index (Phi) is 1.82. The molecular formula is C6H12N2O2. The Balaban J connectivity index is 2.60. The number of aliphatic hydroxyl groups is 2. The summed E-state index contributed by atoms with van der Waals surface area (Å²) in [6.07, 6.45) is 1.94. The van der Waals surface area contributed by atoms with Gasteiger partial charge in [-0.3, -0.25) is 0 Å². The molecule has 0 aromatic heterocycles. The smallest absolute Gasteiger partial charge is 0.191 e. The predicted molar refractivity (Wildman–Crippen MR) is 36.7 cm³/mol. The van der Waals surface area contributed by atoms with E-state index in [1.165, 1.54) is 0 Å². The highest BCUT2D eigenvalue weighted by Gasteiger charge is 2.26. The number of nitrogens with zero attached hydrogens (tertiary/aromatic N) is 2. The average Bonchev–Trinajstić information content (AvgIpc) is 2.11. The molecule has 0 aromatic rings. The molecule has 0 saturated heterocycles. The molecule has 10 heavy (non-hydrogen) atoms. The van der Waals surface area contributed by atoms with E-state index < -0.39 is 6.29 Å². The zero-order valence-corrected chi connectivity index (χ0v) is 6.10. The van der Waals surface area contributed by atoms with Crippen LogP contribution in [-0.4, -0.2) is 46.6 Å². The SMILES string of the molecule is CN1C=CN(C)C1C(O)O. The molecule has 0 amide bonds. The maximum absolute atomic E-state index is 8.83. The Morgan fingerprint density at radius 3 is 1.80 bits per heavy atom. The third-order valence-electron chi connectivity index (χ3n) is 1.64. The number of aliphatic hydroxyl groups excluding tert-OH is 1. The van der Waals surface area contributed by atoms with Crippen molar-refractivity contribution in [3.05, 3.63) is 12.4 Å². The summed E-state index contributed by atoms with van der Waals surface area (Å²) in [6, 6.07) is 0. The summed E-state index contributed by atoms with van der Waals surface area (Å²) in [5.41, 5.74) is 0. The van der Waals surface area contributed by atoms with E-state index in [2.05, 4.69) is 0 Å². The van der Waals surface area contributed by atoms with Crippen LogP contribution < -0.4 is 0 Å². The first-order valence-corrected chi connectivity index (χ1v) is 3.11. The third-order valence-corrected chi connectivity index (χ3v) is 1.64. The van der Waals surface area contributed by atoms with Crippen LogP contribution in [0, 0.1) is 0 Å². The molecule has 1 aliphatic heterocycles. The van der Waals surface area contributed by atoms with Crippen LogP contribution in [0.3, 0.4) is 0 Å². The lowest BCUT2D eigenvalue weighted by Crippen LogP contribution is -2.44. The van der Waals surface area contributed by atoms with Crippen molar-refractivity contribution in [1.29, 1.82) is 0 Å². The van der Waals surface area contributed by atoms with Crippen LogP contribution in [0.2, 0.25) is 0 Å². The van der Waals surface area contributed by atoms with E-state index in [0.29, 0.717) is 0 Å². The predicted octanol–water partition coefficient (Wildman–Crippen LogP) is -1.03. The molecule has 0 radical (unpaired) electrons. The van der Waals surface area contributed by atoms with Gasteiger partial charge in [-0.05, 0) is 0 Å². The first-order chi connectivity index (χ1) is 4.63. The Morgan fingerprint density at radius 1 is 1.20 bits per heavy atom. The molecule has 0 fully saturated rings. The summed E-state index contributed by atoms with van der Waals surface area (Å²) >= 11 is 0. The maximum atomic E-state index is 8.83. The van der Waals surface area contributed by atoms with E-state index in [1.807, 2.05) is 0 Å². The van der Waals surface area contributed by atoms with Crippen molar-refractivity contribution in [3.63, 3.8) is 0 Å². The Hall–Kier alpha value is -0.740. The van der Waals surface area contributed by atoms with Crippen LogP contribution in [0.5, 0.6) is 0 Å². The van der Waals surface area contributed by atoms with Gasteiger partial charge in [-0.15, -0.1) is 0 Å². The largest absolute Gasteiger partial charge is 0.365 e. The number of rotatable bonds is 1. The van der Waals surface area contributed by atoms with E-state index in [1.54, 1.807) is 36.3 Å². The fourth-order valence-electron chi connectivity index (χ4n) is 1.09. The maximum Gasteiger partial charge on any atom is 0.191 e. The summed E-state index contributed by atoms with van der Waals surface area (Å²) in [6.45, 7) is 0.